The fourth-order valence-corrected chi connectivity index (χ4v) is 2.95. The number of aryl methyl sites for hydroxylation is 3. The first-order chi connectivity index (χ1) is 14.1. The summed E-state index contributed by atoms with van der Waals surface area (Å²) in [7, 11) is 1.66. The molecule has 1 heterocycles. The minimum atomic E-state index is -0.0383. The van der Waals surface area contributed by atoms with Crippen LogP contribution in [0, 0.1) is 0 Å². The molecule has 2 rings (SSSR count). The minimum Gasteiger partial charge on any atom is -0.497 e. The van der Waals surface area contributed by atoms with E-state index in [9.17, 15) is 4.79 Å². The van der Waals surface area contributed by atoms with Gasteiger partial charge in [0, 0.05) is 13.0 Å². The Morgan fingerprint density at radius 1 is 1.14 bits per heavy atom. The molecule has 0 aliphatic carbocycles. The SMILES string of the molecule is C=C/C=C(\C=C)CCn1nc(CCc2ccc(OC)cc2)n(CCC)c1=O.CC. The standard InChI is InChI=1S/C22H29N3O2.C2H6/c1-5-8-18(7-3)15-17-25-22(26)24(16-6-2)21(23-25)14-11-19-9-12-20(27-4)13-10-19;1-2/h5,7-10,12-13H,1,3,6,11,14-17H2,2,4H3;1-2H3/b18-8+;. The molecule has 2 aromatic rings. The summed E-state index contributed by atoms with van der Waals surface area (Å²) in [6.07, 6.45) is 8.59. The molecule has 5 heteroatoms. The molecule has 0 aliphatic heterocycles. The minimum absolute atomic E-state index is 0.0383. The highest BCUT2D eigenvalue weighted by Crippen LogP contribution is 2.13. The van der Waals surface area contributed by atoms with Crippen molar-refractivity contribution in [1.82, 2.24) is 14.3 Å². The van der Waals surface area contributed by atoms with Gasteiger partial charge in [-0.1, -0.05) is 64.3 Å². The maximum atomic E-state index is 12.7. The Hall–Kier alpha value is -2.82. The fraction of sp³-hybridized carbons (Fsp3) is 0.417. The number of allylic oxidation sites excluding steroid dienone is 4. The molecule has 0 amide bonds. The Morgan fingerprint density at radius 2 is 1.83 bits per heavy atom. The number of rotatable bonds is 11. The van der Waals surface area contributed by atoms with Gasteiger partial charge in [-0.3, -0.25) is 4.57 Å². The van der Waals surface area contributed by atoms with E-state index in [4.69, 9.17) is 4.74 Å². The van der Waals surface area contributed by atoms with E-state index in [1.165, 1.54) is 5.56 Å². The topological polar surface area (TPSA) is 49.0 Å². The van der Waals surface area contributed by atoms with Crippen LogP contribution >= 0.6 is 0 Å². The van der Waals surface area contributed by atoms with Crippen molar-refractivity contribution in [2.45, 2.75) is 59.5 Å². The highest BCUT2D eigenvalue weighted by Gasteiger charge is 2.13. The summed E-state index contributed by atoms with van der Waals surface area (Å²) in [5.74, 6) is 1.68. The third-order valence-corrected chi connectivity index (χ3v) is 4.45. The zero-order valence-corrected chi connectivity index (χ0v) is 18.4. The van der Waals surface area contributed by atoms with Gasteiger partial charge in [0.25, 0.3) is 0 Å². The Labute approximate surface area is 175 Å². The lowest BCUT2D eigenvalue weighted by Gasteiger charge is -2.05. The van der Waals surface area contributed by atoms with E-state index in [0.29, 0.717) is 19.5 Å². The van der Waals surface area contributed by atoms with Crippen molar-refractivity contribution in [2.75, 3.05) is 7.11 Å². The highest BCUT2D eigenvalue weighted by molar-refractivity contribution is 5.27. The van der Waals surface area contributed by atoms with Crippen LogP contribution < -0.4 is 10.4 Å². The maximum absolute atomic E-state index is 12.7. The number of methoxy groups -OCH3 is 1. The molecule has 1 aromatic heterocycles. The van der Waals surface area contributed by atoms with Gasteiger partial charge in [0.1, 0.15) is 11.6 Å². The summed E-state index contributed by atoms with van der Waals surface area (Å²) in [5, 5.41) is 4.60. The summed E-state index contributed by atoms with van der Waals surface area (Å²) in [5.41, 5.74) is 2.20. The van der Waals surface area contributed by atoms with E-state index in [1.54, 1.807) is 28.5 Å². The number of benzene rings is 1. The molecule has 0 bridgehead atoms. The lowest BCUT2D eigenvalue weighted by Crippen LogP contribution is -2.25. The summed E-state index contributed by atoms with van der Waals surface area (Å²) in [6, 6.07) is 8.01. The number of aromatic nitrogens is 3. The second-order valence-electron chi connectivity index (χ2n) is 6.35. The van der Waals surface area contributed by atoms with Crippen LogP contribution in [0.3, 0.4) is 0 Å². The zero-order valence-electron chi connectivity index (χ0n) is 18.4. The molecule has 0 fully saturated rings. The maximum Gasteiger partial charge on any atom is 0.345 e. The second-order valence-corrected chi connectivity index (χ2v) is 6.35. The number of ether oxygens (including phenoxy) is 1. The first-order valence-electron chi connectivity index (χ1n) is 10.4. The molecule has 29 heavy (non-hydrogen) atoms. The Kier molecular flexibility index (Phi) is 11.2. The smallest absolute Gasteiger partial charge is 0.345 e. The number of hydrogen-bond donors (Lipinski definition) is 0. The zero-order chi connectivity index (χ0) is 21.6. The molecular weight excluding hydrogens is 362 g/mol. The van der Waals surface area contributed by atoms with E-state index < -0.39 is 0 Å². The number of nitrogens with zero attached hydrogens (tertiary/aromatic N) is 3. The van der Waals surface area contributed by atoms with Crippen LogP contribution in [0.15, 0.2) is 66.0 Å². The summed E-state index contributed by atoms with van der Waals surface area (Å²) >= 11 is 0. The second kappa shape index (κ2) is 13.4. The predicted molar refractivity (Wildman–Crippen MR) is 122 cm³/mol. The summed E-state index contributed by atoms with van der Waals surface area (Å²) in [4.78, 5) is 12.7. The average molecular weight is 398 g/mol. The van der Waals surface area contributed by atoms with Gasteiger partial charge < -0.3 is 4.74 Å². The largest absolute Gasteiger partial charge is 0.497 e. The van der Waals surface area contributed by atoms with Crippen molar-refractivity contribution in [2.24, 2.45) is 0 Å². The van der Waals surface area contributed by atoms with E-state index in [0.717, 1.165) is 36.4 Å². The van der Waals surface area contributed by atoms with Gasteiger partial charge in [0.15, 0.2) is 0 Å². The molecule has 5 nitrogen and oxygen atoms in total. The molecule has 0 unspecified atom stereocenters. The molecule has 158 valence electrons. The summed E-state index contributed by atoms with van der Waals surface area (Å²) < 4.78 is 8.56. The van der Waals surface area contributed by atoms with Crippen LogP contribution in [0.1, 0.15) is 45.0 Å². The van der Waals surface area contributed by atoms with Crippen molar-refractivity contribution < 1.29 is 4.74 Å². The molecule has 0 spiro atoms. The molecule has 0 saturated carbocycles. The van der Waals surface area contributed by atoms with Crippen molar-refractivity contribution in [3.8, 4) is 5.75 Å². The molecular formula is C24H35N3O2. The average Bonchev–Trinajstić information content (AvgIpc) is 3.06. The van der Waals surface area contributed by atoms with Crippen LogP contribution in [0.2, 0.25) is 0 Å². The van der Waals surface area contributed by atoms with E-state index in [1.807, 2.05) is 32.1 Å². The highest BCUT2D eigenvalue weighted by atomic mass is 16.5. The third kappa shape index (κ3) is 7.26. The first kappa shape index (κ1) is 24.2. The Morgan fingerprint density at radius 3 is 2.38 bits per heavy atom. The molecule has 0 saturated heterocycles. The van der Waals surface area contributed by atoms with Crippen molar-refractivity contribution in [3.05, 3.63) is 83.1 Å². The first-order valence-corrected chi connectivity index (χ1v) is 10.4. The Balaban J connectivity index is 0.00000204. The molecule has 0 radical (unpaired) electrons. The monoisotopic (exact) mass is 397 g/mol. The van der Waals surface area contributed by atoms with Gasteiger partial charge in [0.2, 0.25) is 0 Å². The van der Waals surface area contributed by atoms with E-state index >= 15 is 0 Å². The third-order valence-electron chi connectivity index (χ3n) is 4.45. The molecule has 0 N–H and O–H groups in total. The normalized spacial score (nSPS) is 10.8. The van der Waals surface area contributed by atoms with Crippen LogP contribution in [0.5, 0.6) is 5.75 Å². The predicted octanol–water partition coefficient (Wildman–Crippen LogP) is 4.96. The van der Waals surface area contributed by atoms with Gasteiger partial charge in [0.05, 0.1) is 13.7 Å². The van der Waals surface area contributed by atoms with Gasteiger partial charge in [-0.25, -0.2) is 9.48 Å². The summed E-state index contributed by atoms with van der Waals surface area (Å²) in [6.45, 7) is 14.8. The van der Waals surface area contributed by atoms with Crippen molar-refractivity contribution in [3.63, 3.8) is 0 Å². The van der Waals surface area contributed by atoms with Gasteiger partial charge in [-0.15, -0.1) is 0 Å². The lowest BCUT2D eigenvalue weighted by atomic mass is 10.1. The quantitative estimate of drug-likeness (QED) is 0.503. The van der Waals surface area contributed by atoms with Gasteiger partial charge >= 0.3 is 5.69 Å². The number of hydrogen-bond acceptors (Lipinski definition) is 3. The van der Waals surface area contributed by atoms with E-state index in [-0.39, 0.29) is 5.69 Å². The Bertz CT molecular complexity index is 842. The van der Waals surface area contributed by atoms with Gasteiger partial charge in [-0.05, 0) is 42.5 Å². The van der Waals surface area contributed by atoms with Crippen LogP contribution in [0.25, 0.3) is 0 Å². The van der Waals surface area contributed by atoms with Gasteiger partial charge in [-0.2, -0.15) is 5.10 Å². The fourth-order valence-electron chi connectivity index (χ4n) is 2.95. The van der Waals surface area contributed by atoms with E-state index in [2.05, 4.69) is 37.3 Å². The molecule has 0 atom stereocenters. The molecule has 1 aromatic carbocycles. The van der Waals surface area contributed by atoms with Crippen molar-refractivity contribution in [1.29, 1.82) is 0 Å². The molecule has 0 aliphatic rings. The van der Waals surface area contributed by atoms with Crippen LogP contribution in [0.4, 0.5) is 0 Å². The van der Waals surface area contributed by atoms with Crippen LogP contribution in [-0.2, 0) is 25.9 Å². The van der Waals surface area contributed by atoms with Crippen LogP contribution in [-0.4, -0.2) is 21.5 Å². The lowest BCUT2D eigenvalue weighted by molar-refractivity contribution is 0.414. The van der Waals surface area contributed by atoms with Crippen molar-refractivity contribution >= 4 is 0 Å².